The maximum absolute atomic E-state index is 12.9. The number of anilines is 6. The smallest absolute Gasteiger partial charge is 0.406 e. The van der Waals surface area contributed by atoms with E-state index < -0.39 is 30.0 Å². The Morgan fingerprint density at radius 1 is 0.763 bits per heavy atom. The summed E-state index contributed by atoms with van der Waals surface area (Å²) in [6.45, 7) is 19.3. The zero-order chi connectivity index (χ0) is 54.2. The summed E-state index contributed by atoms with van der Waals surface area (Å²) in [6.07, 6.45) is -9.59. The Labute approximate surface area is 475 Å². The summed E-state index contributed by atoms with van der Waals surface area (Å²) in [5.74, 6) is -0.815. The van der Waals surface area contributed by atoms with Gasteiger partial charge in [-0.2, -0.15) is 14.9 Å². The van der Waals surface area contributed by atoms with Gasteiger partial charge in [0.05, 0.1) is 5.33 Å². The number of hydrogen-bond acceptors (Lipinski definition) is 14. The van der Waals surface area contributed by atoms with Crippen LogP contribution >= 0.6 is 78.1 Å². The number of nitrogen functional groups attached to an aromatic ring is 1. The van der Waals surface area contributed by atoms with Crippen molar-refractivity contribution in [3.8, 4) is 11.5 Å². The third-order valence-corrected chi connectivity index (χ3v) is 13.6. The molecule has 14 nitrogen and oxygen atoms in total. The van der Waals surface area contributed by atoms with Crippen LogP contribution in [0.5, 0.6) is 11.5 Å². The number of thiazole rings is 1. The van der Waals surface area contributed by atoms with Gasteiger partial charge in [0.1, 0.15) is 22.2 Å². The maximum Gasteiger partial charge on any atom is 0.573 e. The molecule has 1 unspecified atom stereocenters. The molecule has 416 valence electrons. The van der Waals surface area contributed by atoms with E-state index in [0.717, 1.165) is 111 Å². The number of aliphatic imine (C=N–C) groups is 1. The largest absolute Gasteiger partial charge is 0.573 e. The first kappa shape index (κ1) is 65.5. The lowest BCUT2D eigenvalue weighted by Gasteiger charge is -2.38. The van der Waals surface area contributed by atoms with Crippen molar-refractivity contribution >= 4 is 134 Å². The number of piperazine rings is 2. The first-order valence-electron chi connectivity index (χ1n) is 23.4. The first-order chi connectivity index (χ1) is 35.0. The van der Waals surface area contributed by atoms with Crippen molar-refractivity contribution in [3.05, 3.63) is 113 Å². The van der Waals surface area contributed by atoms with Gasteiger partial charge in [0, 0.05) is 98.3 Å². The van der Waals surface area contributed by atoms with E-state index in [9.17, 15) is 35.9 Å². The van der Waals surface area contributed by atoms with Crippen molar-refractivity contribution in [1.82, 2.24) is 14.8 Å². The zero-order valence-corrected chi connectivity index (χ0v) is 49.6. The molecule has 0 aliphatic carbocycles. The number of hydrogen-bond donors (Lipinski definition) is 4. The van der Waals surface area contributed by atoms with Crippen LogP contribution in [-0.2, 0) is 0 Å². The first-order valence-corrected chi connectivity index (χ1v) is 26.7. The summed E-state index contributed by atoms with van der Waals surface area (Å²) in [5.41, 5.74) is 16.0. The van der Waals surface area contributed by atoms with Crippen LogP contribution in [0.15, 0.2) is 102 Å². The predicted octanol–water partition coefficient (Wildman–Crippen LogP) is 11.9. The SMILES string of the molecule is Br.CC(C)N1CCN(c2ccc(Nc3nc(N)c(C(=O)c4cccc(OC(F)(F)F)c4)s3)cc2)CC1.CCSC(N)=NC(=S)Nc1ccc(N2CCN(C(C)C)CC2)cc1.O=C(CBr)c1cccc(OC(F)(F)F)c1.P. The number of aromatic nitrogens is 1. The molecule has 1 aromatic heterocycles. The number of amidine groups is 1. The molecule has 0 amide bonds. The number of alkyl halides is 7. The highest BCUT2D eigenvalue weighted by molar-refractivity contribution is 9.09. The predicted molar refractivity (Wildman–Crippen MR) is 316 cm³/mol. The lowest BCUT2D eigenvalue weighted by atomic mass is 10.1. The van der Waals surface area contributed by atoms with Crippen LogP contribution in [-0.4, -0.2) is 125 Å². The fourth-order valence-electron chi connectivity index (χ4n) is 7.52. The van der Waals surface area contributed by atoms with E-state index in [1.165, 1.54) is 41.7 Å². The standard InChI is InChI=1S/C24H26F3N5O2S.C17H27N5S2.C9H6BrF3O2.BrH.H3P/c1-15(2)31-10-12-32(13-11-31)18-8-6-17(7-9-18)29-23-30-22(28)21(35-23)20(33)16-4-3-5-19(14-16)34-24(25,26)27;1-4-24-16(18)20-17(23)19-14-5-7-15(8-6-14)22-11-9-21(10-12-22)13(2)3;10-5-8(14)6-2-1-3-7(4-6)15-9(11,12)13;;/h3-9,14-15H,10-13,28H2,1-2H3,(H,29,30);5-8,13H,4,9-12H2,1-3H3,(H3,18,19,20,23);1-4H,5H2;1H;1H3. The Hall–Kier alpha value is -4.75. The van der Waals surface area contributed by atoms with E-state index in [-0.39, 0.29) is 59.8 Å². The fourth-order valence-corrected chi connectivity index (χ4v) is 9.43. The molecule has 2 fully saturated rings. The van der Waals surface area contributed by atoms with Gasteiger partial charge in [-0.1, -0.05) is 70.2 Å². The van der Waals surface area contributed by atoms with E-state index in [4.69, 9.17) is 23.7 Å². The quantitative estimate of drug-likeness (QED) is 0.0158. The average Bonchev–Trinajstić information content (AvgIpc) is 3.72. The summed E-state index contributed by atoms with van der Waals surface area (Å²) in [7, 11) is 0. The van der Waals surface area contributed by atoms with Gasteiger partial charge in [-0.15, -0.1) is 43.3 Å². The van der Waals surface area contributed by atoms with Crippen LogP contribution in [0.3, 0.4) is 0 Å². The molecular formula is C50H63Br2F6N10O4PS3. The number of nitrogens with one attached hydrogen (secondary N) is 2. The molecule has 0 radical (unpaired) electrons. The Morgan fingerprint density at radius 3 is 1.64 bits per heavy atom. The maximum atomic E-state index is 12.9. The van der Waals surface area contributed by atoms with Gasteiger partial charge in [-0.05, 0) is 118 Å². The van der Waals surface area contributed by atoms with Crippen molar-refractivity contribution in [3.63, 3.8) is 0 Å². The molecule has 2 aliphatic heterocycles. The summed E-state index contributed by atoms with van der Waals surface area (Å²) >= 11 is 10.7. The lowest BCUT2D eigenvalue weighted by molar-refractivity contribution is -0.275. The number of nitrogens with two attached hydrogens (primary N) is 2. The molecule has 1 atom stereocenters. The fraction of sp³-hybridized carbons (Fsp3) is 0.380. The molecule has 0 bridgehead atoms. The molecule has 76 heavy (non-hydrogen) atoms. The number of thiocarbonyl (C=S) groups is 1. The van der Waals surface area contributed by atoms with E-state index in [0.29, 0.717) is 27.5 Å². The van der Waals surface area contributed by atoms with Gasteiger partial charge in [0.2, 0.25) is 5.78 Å². The molecule has 3 heterocycles. The Balaban J connectivity index is 0.000000322. The van der Waals surface area contributed by atoms with Crippen LogP contribution in [0.25, 0.3) is 0 Å². The summed E-state index contributed by atoms with van der Waals surface area (Å²) < 4.78 is 80.6. The van der Waals surface area contributed by atoms with Crippen molar-refractivity contribution in [2.75, 3.05) is 89.6 Å². The van der Waals surface area contributed by atoms with E-state index in [2.05, 4.69) is 105 Å². The molecule has 2 aliphatic rings. The number of carbonyl (C=O) groups excluding carboxylic acids is 2. The van der Waals surface area contributed by atoms with E-state index in [1.807, 2.05) is 43.3 Å². The van der Waals surface area contributed by atoms with Gasteiger partial charge in [-0.25, -0.2) is 4.98 Å². The number of ether oxygens (including phenoxy) is 2. The highest BCUT2D eigenvalue weighted by atomic mass is 79.9. The van der Waals surface area contributed by atoms with Gasteiger partial charge in [-0.3, -0.25) is 19.4 Å². The molecule has 0 saturated carbocycles. The van der Waals surface area contributed by atoms with Gasteiger partial charge < -0.3 is 41.4 Å². The van der Waals surface area contributed by atoms with Crippen molar-refractivity contribution in [2.24, 2.45) is 10.7 Å². The Kier molecular flexibility index (Phi) is 26.7. The minimum Gasteiger partial charge on any atom is -0.406 e. The molecule has 26 heteroatoms. The molecule has 4 aromatic carbocycles. The molecule has 2 saturated heterocycles. The van der Waals surface area contributed by atoms with Gasteiger partial charge in [0.15, 0.2) is 21.2 Å². The van der Waals surface area contributed by atoms with Crippen LogP contribution in [0.1, 0.15) is 60.2 Å². The van der Waals surface area contributed by atoms with Gasteiger partial charge >= 0.3 is 12.7 Å². The molecular weight excluding hydrogens is 1210 g/mol. The summed E-state index contributed by atoms with van der Waals surface area (Å²) in [5, 5.41) is 7.61. The lowest BCUT2D eigenvalue weighted by Crippen LogP contribution is -2.48. The van der Waals surface area contributed by atoms with Gasteiger partial charge in [0.25, 0.3) is 0 Å². The highest BCUT2D eigenvalue weighted by Gasteiger charge is 2.32. The number of thioether (sulfide) groups is 1. The van der Waals surface area contributed by atoms with Crippen LogP contribution in [0.4, 0.5) is 60.0 Å². The molecule has 7 rings (SSSR count). The van der Waals surface area contributed by atoms with Crippen LogP contribution in [0.2, 0.25) is 0 Å². The number of ketones is 2. The summed E-state index contributed by atoms with van der Waals surface area (Å²) in [4.78, 5) is 42.2. The van der Waals surface area contributed by atoms with Crippen LogP contribution in [0, 0.1) is 0 Å². The second-order valence-electron chi connectivity index (χ2n) is 17.0. The number of halogens is 8. The molecule has 5 aromatic rings. The monoisotopic (exact) mass is 1270 g/mol. The minimum atomic E-state index is -4.85. The molecule has 6 N–H and O–H groups in total. The van der Waals surface area contributed by atoms with Crippen molar-refractivity contribution in [1.29, 1.82) is 0 Å². The van der Waals surface area contributed by atoms with E-state index >= 15 is 0 Å². The minimum absolute atomic E-state index is 0. The topological polar surface area (TPSA) is 167 Å². The second-order valence-corrected chi connectivity index (χ2v) is 20.3. The third-order valence-electron chi connectivity index (χ3n) is 11.3. The Bertz CT molecular complexity index is 2660. The number of nitrogens with zero attached hydrogens (tertiary/aromatic N) is 6. The number of Topliss-reactive ketones (excluding diaryl/α,β-unsaturated/α-hetero) is 1. The Morgan fingerprint density at radius 2 is 1.21 bits per heavy atom. The normalized spacial score (nSPS) is 14.3. The summed E-state index contributed by atoms with van der Waals surface area (Å²) in [6, 6.07) is 27.2. The number of benzene rings is 4. The third kappa shape index (κ3) is 21.6. The second kappa shape index (κ2) is 31.0. The molecule has 0 spiro atoms. The number of rotatable bonds is 14. The highest BCUT2D eigenvalue weighted by Crippen LogP contribution is 2.32. The van der Waals surface area contributed by atoms with Crippen molar-refractivity contribution < 1.29 is 45.4 Å². The zero-order valence-electron chi connectivity index (χ0n) is 42.4. The number of carbonyl (C=O) groups is 2. The van der Waals surface area contributed by atoms with Crippen LogP contribution < -0.4 is 41.4 Å². The van der Waals surface area contributed by atoms with E-state index in [1.54, 1.807) is 0 Å². The average molecular weight is 1270 g/mol. The van der Waals surface area contributed by atoms with Crippen molar-refractivity contribution in [2.45, 2.75) is 59.4 Å².